The Morgan fingerprint density at radius 3 is 2.32 bits per heavy atom. The van der Waals surface area contributed by atoms with Crippen LogP contribution in [0.3, 0.4) is 0 Å². The topological polar surface area (TPSA) is 98.9 Å². The summed E-state index contributed by atoms with van der Waals surface area (Å²) in [4.78, 5) is 30.3. The van der Waals surface area contributed by atoms with Gasteiger partial charge in [-0.05, 0) is 49.9 Å². The Balaban J connectivity index is 1.75. The molecule has 1 aliphatic rings. The lowest BCUT2D eigenvalue weighted by Crippen LogP contribution is -2.59. The van der Waals surface area contributed by atoms with E-state index in [4.69, 9.17) is 28.9 Å². The van der Waals surface area contributed by atoms with E-state index in [1.54, 1.807) is 36.9 Å². The number of aliphatic hydroxyl groups is 1. The van der Waals surface area contributed by atoms with Crippen LogP contribution in [-0.2, 0) is 16.0 Å². The van der Waals surface area contributed by atoms with Crippen LogP contribution in [-0.4, -0.2) is 59.6 Å². The van der Waals surface area contributed by atoms with Crippen LogP contribution in [0.15, 0.2) is 42.5 Å². The van der Waals surface area contributed by atoms with Crippen molar-refractivity contribution in [3.63, 3.8) is 0 Å². The lowest BCUT2D eigenvalue weighted by atomic mass is 9.97. The van der Waals surface area contributed by atoms with Crippen molar-refractivity contribution in [1.29, 1.82) is 0 Å². The SMILES string of the molecule is CC(C)CC(O)c1ccccc1N1CCN(C(=O)[C@@H](Cc2ccc(Cl)cc2Cl)NC(=O)C(C)(C)N)CC1. The molecule has 2 amide bonds. The van der Waals surface area contributed by atoms with Gasteiger partial charge in [-0.1, -0.05) is 61.3 Å². The van der Waals surface area contributed by atoms with Crippen molar-refractivity contribution in [2.24, 2.45) is 11.7 Å². The first-order valence-electron chi connectivity index (χ1n) is 12.7. The Morgan fingerprint density at radius 2 is 1.73 bits per heavy atom. The van der Waals surface area contributed by atoms with Gasteiger partial charge in [0.2, 0.25) is 11.8 Å². The van der Waals surface area contributed by atoms with Crippen molar-refractivity contribution in [3.05, 3.63) is 63.6 Å². The lowest BCUT2D eigenvalue weighted by Gasteiger charge is -2.39. The van der Waals surface area contributed by atoms with Crippen molar-refractivity contribution < 1.29 is 14.7 Å². The van der Waals surface area contributed by atoms with Gasteiger partial charge in [0.1, 0.15) is 6.04 Å². The molecule has 1 fully saturated rings. The summed E-state index contributed by atoms with van der Waals surface area (Å²) in [6.07, 6.45) is 0.363. The molecule has 1 aliphatic heterocycles. The summed E-state index contributed by atoms with van der Waals surface area (Å²) in [6, 6.07) is 12.2. The number of hydrogen-bond donors (Lipinski definition) is 3. The Kier molecular flexibility index (Phi) is 9.86. The molecule has 3 rings (SSSR count). The number of benzene rings is 2. The minimum absolute atomic E-state index is 0.184. The predicted octanol–water partition coefficient (Wildman–Crippen LogP) is 4.19. The van der Waals surface area contributed by atoms with Gasteiger partial charge in [-0.15, -0.1) is 0 Å². The minimum atomic E-state index is -1.14. The molecule has 0 saturated carbocycles. The highest BCUT2D eigenvalue weighted by Gasteiger charge is 2.33. The lowest BCUT2D eigenvalue weighted by molar-refractivity contribution is -0.137. The quantitative estimate of drug-likeness (QED) is 0.436. The smallest absolute Gasteiger partial charge is 0.245 e. The zero-order chi connectivity index (χ0) is 27.3. The molecular formula is C28H38Cl2N4O3. The number of hydrogen-bond acceptors (Lipinski definition) is 5. The molecule has 4 N–H and O–H groups in total. The van der Waals surface area contributed by atoms with Crippen molar-refractivity contribution in [2.45, 2.75) is 58.2 Å². The summed E-state index contributed by atoms with van der Waals surface area (Å²) in [5.74, 6) is -0.226. The standard InChI is InChI=1S/C28H38Cl2N4O3/c1-18(2)15-25(35)21-7-5-6-8-24(21)33-11-13-34(14-12-33)26(36)23(32-27(37)28(3,4)31)16-19-9-10-20(29)17-22(19)30/h5-10,17-18,23,25,35H,11-16,31H2,1-4H3,(H,32,37)/t23-,25?/m1/s1. The van der Waals surface area contributed by atoms with Gasteiger partial charge in [0.05, 0.1) is 11.6 Å². The van der Waals surface area contributed by atoms with Gasteiger partial charge in [0.25, 0.3) is 0 Å². The number of aliphatic hydroxyl groups excluding tert-OH is 1. The maximum atomic E-state index is 13.6. The highest BCUT2D eigenvalue weighted by atomic mass is 35.5. The first kappa shape index (κ1) is 29.2. The summed E-state index contributed by atoms with van der Waals surface area (Å²) < 4.78 is 0. The van der Waals surface area contributed by atoms with E-state index in [0.717, 1.165) is 11.3 Å². The van der Waals surface area contributed by atoms with Gasteiger partial charge in [0, 0.05) is 53.9 Å². The van der Waals surface area contributed by atoms with E-state index in [0.29, 0.717) is 54.1 Å². The fraction of sp³-hybridized carbons (Fsp3) is 0.500. The number of carbonyl (C=O) groups is 2. The molecule has 0 bridgehead atoms. The molecule has 9 heteroatoms. The van der Waals surface area contributed by atoms with E-state index in [9.17, 15) is 14.7 Å². The van der Waals surface area contributed by atoms with Crippen LogP contribution in [0.4, 0.5) is 5.69 Å². The van der Waals surface area contributed by atoms with E-state index in [2.05, 4.69) is 24.1 Å². The average Bonchev–Trinajstić information content (AvgIpc) is 2.83. The largest absolute Gasteiger partial charge is 0.388 e. The van der Waals surface area contributed by atoms with Crippen molar-refractivity contribution in [1.82, 2.24) is 10.2 Å². The maximum Gasteiger partial charge on any atom is 0.245 e. The minimum Gasteiger partial charge on any atom is -0.388 e. The molecule has 1 unspecified atom stereocenters. The fourth-order valence-corrected chi connectivity index (χ4v) is 4.96. The van der Waals surface area contributed by atoms with E-state index in [-0.39, 0.29) is 12.3 Å². The molecule has 0 aromatic heterocycles. The Bertz CT molecular complexity index is 1100. The number of nitrogens with two attached hydrogens (primary N) is 1. The third-order valence-corrected chi connectivity index (χ3v) is 7.14. The zero-order valence-corrected chi connectivity index (χ0v) is 23.5. The van der Waals surface area contributed by atoms with Crippen LogP contribution in [0.2, 0.25) is 10.0 Å². The molecule has 202 valence electrons. The molecule has 1 saturated heterocycles. The molecule has 37 heavy (non-hydrogen) atoms. The number of nitrogens with one attached hydrogen (secondary N) is 1. The van der Waals surface area contributed by atoms with Crippen molar-refractivity contribution in [2.75, 3.05) is 31.1 Å². The van der Waals surface area contributed by atoms with Gasteiger partial charge in [-0.25, -0.2) is 0 Å². The van der Waals surface area contributed by atoms with Crippen LogP contribution in [0, 0.1) is 5.92 Å². The molecule has 7 nitrogen and oxygen atoms in total. The second kappa shape index (κ2) is 12.5. The number of anilines is 1. The summed E-state index contributed by atoms with van der Waals surface area (Å²) in [6.45, 7) is 9.58. The third-order valence-electron chi connectivity index (χ3n) is 6.55. The zero-order valence-electron chi connectivity index (χ0n) is 22.0. The molecular weight excluding hydrogens is 511 g/mol. The maximum absolute atomic E-state index is 13.6. The average molecular weight is 550 g/mol. The summed E-state index contributed by atoms with van der Waals surface area (Å²) in [7, 11) is 0. The highest BCUT2D eigenvalue weighted by molar-refractivity contribution is 6.35. The monoisotopic (exact) mass is 548 g/mol. The van der Waals surface area contributed by atoms with Crippen LogP contribution < -0.4 is 16.0 Å². The van der Waals surface area contributed by atoms with Crippen LogP contribution in [0.5, 0.6) is 0 Å². The van der Waals surface area contributed by atoms with Gasteiger partial charge in [0.15, 0.2) is 0 Å². The van der Waals surface area contributed by atoms with E-state index < -0.39 is 23.6 Å². The second-order valence-electron chi connectivity index (χ2n) is 10.7. The van der Waals surface area contributed by atoms with Crippen LogP contribution >= 0.6 is 23.2 Å². The summed E-state index contributed by atoms with van der Waals surface area (Å²) in [5.41, 5.74) is 7.47. The highest BCUT2D eigenvalue weighted by Crippen LogP contribution is 2.31. The molecule has 0 spiro atoms. The third kappa shape index (κ3) is 7.84. The number of para-hydroxylation sites is 1. The van der Waals surface area contributed by atoms with Gasteiger partial charge < -0.3 is 26.0 Å². The van der Waals surface area contributed by atoms with Crippen LogP contribution in [0.25, 0.3) is 0 Å². The number of amides is 2. The van der Waals surface area contributed by atoms with Crippen LogP contribution in [0.1, 0.15) is 51.3 Å². The van der Waals surface area contributed by atoms with E-state index in [1.807, 2.05) is 24.3 Å². The molecule has 2 atom stereocenters. The van der Waals surface area contributed by atoms with Gasteiger partial charge >= 0.3 is 0 Å². The summed E-state index contributed by atoms with van der Waals surface area (Å²) >= 11 is 12.4. The molecule has 1 heterocycles. The van der Waals surface area contributed by atoms with E-state index in [1.165, 1.54) is 0 Å². The Labute approximate surface area is 229 Å². The Morgan fingerprint density at radius 1 is 1.08 bits per heavy atom. The number of nitrogens with zero attached hydrogens (tertiary/aromatic N) is 2. The summed E-state index contributed by atoms with van der Waals surface area (Å²) in [5, 5.41) is 14.6. The Hall–Kier alpha value is -2.32. The predicted molar refractivity (Wildman–Crippen MR) is 150 cm³/mol. The van der Waals surface area contributed by atoms with E-state index >= 15 is 0 Å². The first-order chi connectivity index (χ1) is 17.4. The molecule has 2 aromatic rings. The van der Waals surface area contributed by atoms with Crippen molar-refractivity contribution in [3.8, 4) is 0 Å². The van der Waals surface area contributed by atoms with Crippen molar-refractivity contribution >= 4 is 40.7 Å². The number of halogens is 2. The first-order valence-corrected chi connectivity index (χ1v) is 13.5. The van der Waals surface area contributed by atoms with Gasteiger partial charge in [-0.2, -0.15) is 0 Å². The number of carbonyl (C=O) groups excluding carboxylic acids is 2. The number of piperazine rings is 1. The fourth-order valence-electron chi connectivity index (χ4n) is 4.47. The number of rotatable bonds is 9. The molecule has 0 aliphatic carbocycles. The molecule has 2 aromatic carbocycles. The normalized spacial score (nSPS) is 16.0. The molecule has 0 radical (unpaired) electrons. The van der Waals surface area contributed by atoms with Gasteiger partial charge in [-0.3, -0.25) is 9.59 Å². The second-order valence-corrected chi connectivity index (χ2v) is 11.5.